The molecule has 0 saturated carbocycles. The molecule has 0 nitrogen and oxygen atoms in total. The van der Waals surface area contributed by atoms with E-state index in [1.807, 2.05) is 0 Å². The Kier molecular flexibility index (Phi) is 10.8. The molecule has 0 aliphatic carbocycles. The molecule has 102 valence electrons. The summed E-state index contributed by atoms with van der Waals surface area (Å²) < 4.78 is 0. The van der Waals surface area contributed by atoms with Crippen molar-refractivity contribution in [2.75, 3.05) is 5.33 Å². The highest BCUT2D eigenvalue weighted by molar-refractivity contribution is 9.09. The van der Waals surface area contributed by atoms with Gasteiger partial charge >= 0.3 is 0 Å². The summed E-state index contributed by atoms with van der Waals surface area (Å²) in [6.07, 6.45) is 12.7. The summed E-state index contributed by atoms with van der Waals surface area (Å²) in [6.45, 7) is 7.06. The highest BCUT2D eigenvalue weighted by atomic mass is 79.9. The quantitative estimate of drug-likeness (QED) is 0.295. The van der Waals surface area contributed by atoms with Crippen molar-refractivity contribution >= 4 is 23.8 Å². The standard InChI is InChI=1S/C15H32BBr/c1-15(2,3)11-6-4-8-14(10-12-16)9-5-7-13-17/h14H,4-13,16H2,1-3H3. The topological polar surface area (TPSA) is 0 Å². The Morgan fingerprint density at radius 3 is 2.00 bits per heavy atom. The third kappa shape index (κ3) is 12.8. The highest BCUT2D eigenvalue weighted by Crippen LogP contribution is 2.26. The van der Waals surface area contributed by atoms with Gasteiger partial charge in [-0.1, -0.05) is 81.5 Å². The molecule has 0 amide bonds. The van der Waals surface area contributed by atoms with Gasteiger partial charge in [0.15, 0.2) is 0 Å². The summed E-state index contributed by atoms with van der Waals surface area (Å²) in [5.74, 6) is 0.999. The van der Waals surface area contributed by atoms with Crippen LogP contribution in [-0.4, -0.2) is 13.2 Å². The Hall–Kier alpha value is 0.545. The lowest BCUT2D eigenvalue weighted by atomic mass is 9.84. The average molecular weight is 303 g/mol. The van der Waals surface area contributed by atoms with Crippen LogP contribution >= 0.6 is 15.9 Å². The van der Waals surface area contributed by atoms with Gasteiger partial charge in [0.1, 0.15) is 7.85 Å². The summed E-state index contributed by atoms with van der Waals surface area (Å²) in [4.78, 5) is 0. The van der Waals surface area contributed by atoms with E-state index in [1.54, 1.807) is 0 Å². The molecule has 2 heteroatoms. The molecular formula is C15H32BBr. The molecular weight excluding hydrogens is 271 g/mol. The molecule has 17 heavy (non-hydrogen) atoms. The third-order valence-electron chi connectivity index (χ3n) is 3.48. The predicted molar refractivity (Wildman–Crippen MR) is 87.0 cm³/mol. The Morgan fingerprint density at radius 2 is 1.53 bits per heavy atom. The van der Waals surface area contributed by atoms with Crippen LogP contribution in [0.25, 0.3) is 0 Å². The van der Waals surface area contributed by atoms with Gasteiger partial charge < -0.3 is 0 Å². The number of halogens is 1. The largest absolute Gasteiger partial charge is 0.101 e. The maximum Gasteiger partial charge on any atom is 0.101 e. The maximum absolute atomic E-state index is 3.52. The second kappa shape index (κ2) is 10.5. The number of alkyl halides is 1. The van der Waals surface area contributed by atoms with Crippen LogP contribution < -0.4 is 0 Å². The number of unbranched alkanes of at least 4 members (excludes halogenated alkanes) is 2. The van der Waals surface area contributed by atoms with E-state index in [0.717, 1.165) is 5.92 Å². The zero-order chi connectivity index (χ0) is 13.1. The lowest BCUT2D eigenvalue weighted by molar-refractivity contribution is 0.338. The van der Waals surface area contributed by atoms with Crippen molar-refractivity contribution < 1.29 is 0 Å². The number of rotatable bonds is 10. The van der Waals surface area contributed by atoms with Crippen LogP contribution in [0.2, 0.25) is 6.32 Å². The Labute approximate surface area is 119 Å². The van der Waals surface area contributed by atoms with Crippen molar-refractivity contribution in [1.82, 2.24) is 0 Å². The van der Waals surface area contributed by atoms with E-state index in [1.165, 1.54) is 63.0 Å². The van der Waals surface area contributed by atoms with Gasteiger partial charge in [-0.25, -0.2) is 0 Å². The smallest absolute Gasteiger partial charge is 0.0928 e. The summed E-state index contributed by atoms with van der Waals surface area (Å²) in [5.41, 5.74) is 0.524. The van der Waals surface area contributed by atoms with Crippen molar-refractivity contribution in [1.29, 1.82) is 0 Å². The monoisotopic (exact) mass is 302 g/mol. The molecule has 1 unspecified atom stereocenters. The fourth-order valence-electron chi connectivity index (χ4n) is 2.46. The zero-order valence-electron chi connectivity index (χ0n) is 12.5. The van der Waals surface area contributed by atoms with Crippen LogP contribution in [0.15, 0.2) is 0 Å². The second-order valence-corrected chi connectivity index (χ2v) is 7.44. The Balaban J connectivity index is 3.61. The van der Waals surface area contributed by atoms with Crippen LogP contribution in [0.4, 0.5) is 0 Å². The van der Waals surface area contributed by atoms with E-state index in [2.05, 4.69) is 44.5 Å². The summed E-state index contributed by atoms with van der Waals surface area (Å²) in [5, 5.41) is 1.18. The first-order valence-electron chi connectivity index (χ1n) is 7.55. The van der Waals surface area contributed by atoms with Crippen LogP contribution in [-0.2, 0) is 0 Å². The molecule has 0 aliphatic rings. The summed E-state index contributed by atoms with van der Waals surface area (Å²) in [7, 11) is 2.33. The van der Waals surface area contributed by atoms with Crippen LogP contribution in [0.5, 0.6) is 0 Å². The van der Waals surface area contributed by atoms with Gasteiger partial charge in [0.2, 0.25) is 0 Å². The Morgan fingerprint density at radius 1 is 0.941 bits per heavy atom. The first-order chi connectivity index (χ1) is 7.99. The molecule has 1 atom stereocenters. The van der Waals surface area contributed by atoms with E-state index in [4.69, 9.17) is 0 Å². The molecule has 0 rings (SSSR count). The second-order valence-electron chi connectivity index (χ2n) is 6.65. The van der Waals surface area contributed by atoms with Gasteiger partial charge in [0.25, 0.3) is 0 Å². The minimum Gasteiger partial charge on any atom is -0.0928 e. The highest BCUT2D eigenvalue weighted by Gasteiger charge is 2.11. The van der Waals surface area contributed by atoms with Gasteiger partial charge in [-0.15, -0.1) is 0 Å². The molecule has 0 aliphatic heterocycles. The van der Waals surface area contributed by atoms with Gasteiger partial charge in [-0.3, -0.25) is 0 Å². The van der Waals surface area contributed by atoms with Crippen molar-refractivity contribution in [3.05, 3.63) is 0 Å². The summed E-state index contributed by atoms with van der Waals surface area (Å²) >= 11 is 3.52. The van der Waals surface area contributed by atoms with E-state index < -0.39 is 0 Å². The third-order valence-corrected chi connectivity index (χ3v) is 4.04. The SMILES string of the molecule is BCCC(CCCCBr)CCCCC(C)(C)C. The fraction of sp³-hybridized carbons (Fsp3) is 1.00. The molecule has 0 saturated heterocycles. The molecule has 0 N–H and O–H groups in total. The zero-order valence-corrected chi connectivity index (χ0v) is 14.1. The van der Waals surface area contributed by atoms with Gasteiger partial charge in [-0.05, 0) is 24.2 Å². The van der Waals surface area contributed by atoms with Crippen molar-refractivity contribution in [2.24, 2.45) is 11.3 Å². The normalized spacial score (nSPS) is 13.9. The fourth-order valence-corrected chi connectivity index (χ4v) is 2.85. The minimum absolute atomic E-state index is 0.524. The van der Waals surface area contributed by atoms with Crippen LogP contribution in [0.1, 0.15) is 72.1 Å². The van der Waals surface area contributed by atoms with Crippen LogP contribution in [0, 0.1) is 11.3 Å². The lowest BCUT2D eigenvalue weighted by Crippen LogP contribution is -2.06. The average Bonchev–Trinajstić information content (AvgIpc) is 2.23. The van der Waals surface area contributed by atoms with E-state index in [9.17, 15) is 0 Å². The van der Waals surface area contributed by atoms with Crippen molar-refractivity contribution in [2.45, 2.75) is 78.5 Å². The molecule has 0 spiro atoms. The van der Waals surface area contributed by atoms with E-state index in [0.29, 0.717) is 5.41 Å². The first kappa shape index (κ1) is 17.5. The molecule has 0 aromatic heterocycles. The lowest BCUT2D eigenvalue weighted by Gasteiger charge is -2.19. The molecule has 0 aromatic rings. The first-order valence-corrected chi connectivity index (χ1v) is 8.67. The van der Waals surface area contributed by atoms with Gasteiger partial charge in [0.05, 0.1) is 0 Å². The molecule has 0 radical (unpaired) electrons. The Bertz CT molecular complexity index is 163. The summed E-state index contributed by atoms with van der Waals surface area (Å²) in [6, 6.07) is 0. The molecule has 0 bridgehead atoms. The molecule has 0 aromatic carbocycles. The van der Waals surface area contributed by atoms with Crippen molar-refractivity contribution in [3.8, 4) is 0 Å². The van der Waals surface area contributed by atoms with Gasteiger partial charge in [0, 0.05) is 5.33 Å². The molecule has 0 fully saturated rings. The van der Waals surface area contributed by atoms with Crippen molar-refractivity contribution in [3.63, 3.8) is 0 Å². The number of hydrogen-bond acceptors (Lipinski definition) is 0. The predicted octanol–water partition coefficient (Wildman–Crippen LogP) is 5.22. The molecule has 0 heterocycles. The van der Waals surface area contributed by atoms with Gasteiger partial charge in [-0.2, -0.15) is 0 Å². The minimum atomic E-state index is 0.524. The van der Waals surface area contributed by atoms with E-state index in [-0.39, 0.29) is 0 Å². The van der Waals surface area contributed by atoms with Crippen LogP contribution in [0.3, 0.4) is 0 Å². The maximum atomic E-state index is 3.52. The number of hydrogen-bond donors (Lipinski definition) is 0. The van der Waals surface area contributed by atoms with E-state index >= 15 is 0 Å².